The predicted octanol–water partition coefficient (Wildman–Crippen LogP) is 11.4. The van der Waals surface area contributed by atoms with Crippen LogP contribution in [0.3, 0.4) is 0 Å². The van der Waals surface area contributed by atoms with E-state index < -0.39 is 0 Å². The zero-order valence-corrected chi connectivity index (χ0v) is 26.1. The Labute approximate surface area is 273 Å². The van der Waals surface area contributed by atoms with Crippen molar-refractivity contribution in [3.63, 3.8) is 0 Å². The number of fused-ring (bicyclic) bond motifs is 4. The fourth-order valence-corrected chi connectivity index (χ4v) is 7.41. The van der Waals surface area contributed by atoms with Gasteiger partial charge in [-0.15, -0.1) is 0 Å². The smallest absolute Gasteiger partial charge is 0.114 e. The third kappa shape index (κ3) is 4.35. The fraction of sp³-hybridized carbons (Fsp3) is 0.0455. The van der Waals surface area contributed by atoms with Gasteiger partial charge in [-0.1, -0.05) is 116 Å². The first-order valence-corrected chi connectivity index (χ1v) is 16.2. The lowest BCUT2D eigenvalue weighted by Crippen LogP contribution is -2.01. The van der Waals surface area contributed by atoms with Gasteiger partial charge >= 0.3 is 0 Å². The second-order valence-electron chi connectivity index (χ2n) is 12.0. The van der Waals surface area contributed by atoms with E-state index in [1.54, 1.807) is 0 Å². The number of nitrogens with zero attached hydrogens (tertiary/aromatic N) is 3. The second kappa shape index (κ2) is 11.1. The number of rotatable bonds is 5. The molecule has 3 heteroatoms. The molecule has 0 aliphatic rings. The summed E-state index contributed by atoms with van der Waals surface area (Å²) in [6.07, 6.45) is 4.56. The number of benzene rings is 7. The highest BCUT2D eigenvalue weighted by Crippen LogP contribution is 2.46. The molecule has 9 aromatic rings. The van der Waals surface area contributed by atoms with Gasteiger partial charge in [0.25, 0.3) is 0 Å². The molecule has 2 heterocycles. The molecular formula is C44H31N3. The van der Waals surface area contributed by atoms with Crippen molar-refractivity contribution in [2.75, 3.05) is 0 Å². The van der Waals surface area contributed by atoms with Gasteiger partial charge in [-0.2, -0.15) is 0 Å². The van der Waals surface area contributed by atoms with Crippen LogP contribution in [0.25, 0.3) is 82.4 Å². The molecule has 2 aromatic heterocycles. The van der Waals surface area contributed by atoms with Crippen molar-refractivity contribution in [3.05, 3.63) is 164 Å². The molecule has 0 aliphatic heterocycles. The average molecular weight is 602 g/mol. The molecule has 0 amide bonds. The van der Waals surface area contributed by atoms with Crippen LogP contribution in [0.4, 0.5) is 0 Å². The summed E-state index contributed by atoms with van der Waals surface area (Å²) < 4.78 is 2.34. The second-order valence-corrected chi connectivity index (χ2v) is 12.0. The molecule has 0 aliphatic carbocycles. The van der Waals surface area contributed by atoms with Gasteiger partial charge < -0.3 is 0 Å². The van der Waals surface area contributed by atoms with Crippen LogP contribution in [0.1, 0.15) is 12.7 Å². The number of aryl methyl sites for hydroxylation is 1. The minimum atomic E-state index is 0.851. The van der Waals surface area contributed by atoms with Gasteiger partial charge in [0, 0.05) is 24.2 Å². The summed E-state index contributed by atoms with van der Waals surface area (Å²) >= 11 is 0. The summed E-state index contributed by atoms with van der Waals surface area (Å²) in [4.78, 5) is 9.23. The standard InChI is InChI=1S/C44H31N3/c1-2-42-46-39-20-9-10-21-41(39)47(42)40-23-22-38(32-14-3-4-15-33(32)40)44-36-18-7-5-16-34(36)43(35-17-6-8-19-37(35)44)31-13-11-12-30(28-31)29-24-26-45-27-25-29/h3-28H,2H2,1H3. The Kier molecular flexibility index (Phi) is 6.43. The maximum absolute atomic E-state index is 5.00. The van der Waals surface area contributed by atoms with Gasteiger partial charge in [0.15, 0.2) is 0 Å². The molecule has 222 valence electrons. The molecule has 0 N–H and O–H groups in total. The molecule has 0 unspecified atom stereocenters. The number of aromatic nitrogens is 3. The van der Waals surface area contributed by atoms with Crippen molar-refractivity contribution in [2.24, 2.45) is 0 Å². The molecule has 0 saturated carbocycles. The Bertz CT molecular complexity index is 2560. The number of hydrogen-bond acceptors (Lipinski definition) is 2. The van der Waals surface area contributed by atoms with Crippen LogP contribution in [-0.2, 0) is 6.42 Å². The monoisotopic (exact) mass is 601 g/mol. The van der Waals surface area contributed by atoms with E-state index in [-0.39, 0.29) is 0 Å². The molecule has 0 spiro atoms. The summed E-state index contributed by atoms with van der Waals surface area (Å²) in [6, 6.07) is 52.7. The van der Waals surface area contributed by atoms with Gasteiger partial charge in [-0.25, -0.2) is 4.98 Å². The first-order chi connectivity index (χ1) is 23.3. The van der Waals surface area contributed by atoms with Crippen molar-refractivity contribution in [1.29, 1.82) is 0 Å². The number of imidazole rings is 1. The first-order valence-electron chi connectivity index (χ1n) is 16.2. The van der Waals surface area contributed by atoms with E-state index in [1.165, 1.54) is 60.1 Å². The molecule has 3 nitrogen and oxygen atoms in total. The third-order valence-electron chi connectivity index (χ3n) is 9.45. The average Bonchev–Trinajstić information content (AvgIpc) is 3.52. The van der Waals surface area contributed by atoms with Gasteiger partial charge in [0.05, 0.1) is 16.7 Å². The molecule has 9 rings (SSSR count). The molecular weight excluding hydrogens is 571 g/mol. The summed E-state index contributed by atoms with van der Waals surface area (Å²) in [5, 5.41) is 7.43. The molecule has 47 heavy (non-hydrogen) atoms. The van der Waals surface area contributed by atoms with Crippen molar-refractivity contribution >= 4 is 43.4 Å². The summed E-state index contributed by atoms with van der Waals surface area (Å²) in [7, 11) is 0. The maximum atomic E-state index is 5.00. The van der Waals surface area contributed by atoms with Gasteiger partial charge in [0.1, 0.15) is 5.82 Å². The number of hydrogen-bond donors (Lipinski definition) is 0. The van der Waals surface area contributed by atoms with E-state index in [4.69, 9.17) is 4.98 Å². The lowest BCUT2D eigenvalue weighted by Gasteiger charge is -2.20. The molecule has 0 atom stereocenters. The van der Waals surface area contributed by atoms with Crippen molar-refractivity contribution in [1.82, 2.24) is 14.5 Å². The van der Waals surface area contributed by atoms with Crippen molar-refractivity contribution < 1.29 is 0 Å². The highest BCUT2D eigenvalue weighted by molar-refractivity contribution is 6.24. The van der Waals surface area contributed by atoms with Crippen LogP contribution in [0, 0.1) is 0 Å². The van der Waals surface area contributed by atoms with Gasteiger partial charge in [-0.05, 0) is 96.7 Å². The quantitative estimate of drug-likeness (QED) is 0.184. The Morgan fingerprint density at radius 3 is 1.79 bits per heavy atom. The van der Waals surface area contributed by atoms with Crippen LogP contribution in [-0.4, -0.2) is 14.5 Å². The first kappa shape index (κ1) is 27.3. The Morgan fingerprint density at radius 2 is 1.09 bits per heavy atom. The summed E-state index contributed by atoms with van der Waals surface area (Å²) in [6.45, 7) is 2.18. The minimum Gasteiger partial charge on any atom is -0.296 e. The third-order valence-corrected chi connectivity index (χ3v) is 9.45. The normalized spacial score (nSPS) is 11.6. The molecule has 0 bridgehead atoms. The van der Waals surface area contributed by atoms with Crippen molar-refractivity contribution in [3.8, 4) is 39.1 Å². The Hall–Kier alpha value is -6.06. The van der Waals surface area contributed by atoms with Gasteiger partial charge in [0.2, 0.25) is 0 Å². The molecule has 0 fully saturated rings. The van der Waals surface area contributed by atoms with Gasteiger partial charge in [-0.3, -0.25) is 9.55 Å². The van der Waals surface area contributed by atoms with E-state index >= 15 is 0 Å². The zero-order valence-electron chi connectivity index (χ0n) is 26.1. The molecule has 7 aromatic carbocycles. The van der Waals surface area contributed by atoms with Crippen LogP contribution in [0.15, 0.2) is 158 Å². The van der Waals surface area contributed by atoms with E-state index in [0.717, 1.165) is 34.5 Å². The lowest BCUT2D eigenvalue weighted by atomic mass is 9.84. The topological polar surface area (TPSA) is 30.7 Å². The SMILES string of the molecule is CCc1nc2ccccc2n1-c1ccc(-c2c3ccccc3c(-c3cccc(-c4ccncc4)c3)c3ccccc23)c2ccccc12. The highest BCUT2D eigenvalue weighted by Gasteiger charge is 2.20. The minimum absolute atomic E-state index is 0.851. The van der Waals surface area contributed by atoms with Crippen LogP contribution >= 0.6 is 0 Å². The maximum Gasteiger partial charge on any atom is 0.114 e. The van der Waals surface area contributed by atoms with E-state index in [9.17, 15) is 0 Å². The van der Waals surface area contributed by atoms with Crippen LogP contribution < -0.4 is 0 Å². The van der Waals surface area contributed by atoms with Crippen LogP contribution in [0.5, 0.6) is 0 Å². The van der Waals surface area contributed by atoms with E-state index in [0.29, 0.717) is 0 Å². The Balaban J connectivity index is 1.34. The van der Waals surface area contributed by atoms with Crippen molar-refractivity contribution in [2.45, 2.75) is 13.3 Å². The van der Waals surface area contributed by atoms with E-state index in [1.807, 2.05) is 12.4 Å². The fourth-order valence-electron chi connectivity index (χ4n) is 7.41. The zero-order chi connectivity index (χ0) is 31.3. The molecule has 0 radical (unpaired) electrons. The predicted molar refractivity (Wildman–Crippen MR) is 197 cm³/mol. The van der Waals surface area contributed by atoms with E-state index in [2.05, 4.69) is 162 Å². The Morgan fingerprint density at radius 1 is 0.489 bits per heavy atom. The summed E-state index contributed by atoms with van der Waals surface area (Å²) in [5.74, 6) is 1.07. The molecule has 0 saturated heterocycles. The lowest BCUT2D eigenvalue weighted by molar-refractivity contribution is 0.913. The van der Waals surface area contributed by atoms with Crippen LogP contribution in [0.2, 0.25) is 0 Å². The highest BCUT2D eigenvalue weighted by atomic mass is 15.1. The largest absolute Gasteiger partial charge is 0.296 e. The summed E-state index contributed by atoms with van der Waals surface area (Å²) in [5.41, 5.74) is 10.6. The number of para-hydroxylation sites is 2. The number of pyridine rings is 1.